The van der Waals surface area contributed by atoms with Crippen LogP contribution >= 0.6 is 0 Å². The second-order valence-corrected chi connectivity index (χ2v) is 8.46. The van der Waals surface area contributed by atoms with Crippen molar-refractivity contribution >= 4 is 16.8 Å². The number of nitrogens with zero attached hydrogens (tertiary/aromatic N) is 2. The number of aliphatic hydroxyl groups excluding tert-OH is 1. The number of amides is 1. The second kappa shape index (κ2) is 7.40. The van der Waals surface area contributed by atoms with E-state index in [1.54, 1.807) is 4.90 Å². The van der Waals surface area contributed by atoms with Crippen molar-refractivity contribution in [2.45, 2.75) is 38.2 Å². The predicted octanol–water partition coefficient (Wildman–Crippen LogP) is 3.89. The molecule has 0 bridgehead atoms. The molecule has 0 radical (unpaired) electrons. The van der Waals surface area contributed by atoms with E-state index >= 15 is 0 Å². The van der Waals surface area contributed by atoms with Gasteiger partial charge in [0.1, 0.15) is 18.0 Å². The molecule has 2 aliphatic heterocycles. The van der Waals surface area contributed by atoms with Crippen molar-refractivity contribution in [2.24, 2.45) is 0 Å². The number of piperidine rings is 1. The molecule has 5 rings (SSSR count). The summed E-state index contributed by atoms with van der Waals surface area (Å²) in [5.74, 6) is 0.773. The Morgan fingerprint density at radius 1 is 1.17 bits per heavy atom. The monoisotopic (exact) mass is 402 g/mol. The predicted molar refractivity (Wildman–Crippen MR) is 116 cm³/mol. The van der Waals surface area contributed by atoms with Crippen molar-refractivity contribution in [3.63, 3.8) is 0 Å². The molecule has 1 amide bonds. The topological polar surface area (TPSA) is 62.7 Å². The number of likely N-dealkylation sites (tertiary alicyclic amines) is 1. The van der Waals surface area contributed by atoms with E-state index in [1.807, 2.05) is 12.3 Å². The maximum atomic E-state index is 11.7. The molecular formula is C25H26N2O3. The number of carbonyl (C=O) groups excluding carboxylic acids is 1. The third-order valence-corrected chi connectivity index (χ3v) is 6.74. The Morgan fingerprint density at radius 2 is 2.00 bits per heavy atom. The van der Waals surface area contributed by atoms with Crippen LogP contribution in [0.4, 0.5) is 0 Å². The van der Waals surface area contributed by atoms with Gasteiger partial charge in [-0.05, 0) is 60.2 Å². The molecule has 2 aromatic carbocycles. The number of fused-ring (bicyclic) bond motifs is 2. The molecule has 3 heterocycles. The zero-order valence-corrected chi connectivity index (χ0v) is 17.2. The summed E-state index contributed by atoms with van der Waals surface area (Å²) in [5.41, 5.74) is 5.70. The van der Waals surface area contributed by atoms with Crippen LogP contribution in [0.5, 0.6) is 5.75 Å². The fraction of sp³-hybridized carbons (Fsp3) is 0.360. The molecule has 1 saturated heterocycles. The summed E-state index contributed by atoms with van der Waals surface area (Å²) in [4.78, 5) is 18.1. The number of benzene rings is 2. The van der Waals surface area contributed by atoms with Crippen LogP contribution in [0.2, 0.25) is 0 Å². The molecule has 5 nitrogen and oxygen atoms in total. The van der Waals surface area contributed by atoms with Gasteiger partial charge in [-0.15, -0.1) is 0 Å². The Hall–Kier alpha value is -2.92. The smallest absolute Gasteiger partial charge is 0.248 e. The van der Waals surface area contributed by atoms with Crippen molar-refractivity contribution in [1.82, 2.24) is 9.88 Å². The standard InChI is InChI=1S/C25H26N2O3/c1-17-21(6-4-18-3-2-12-26-24(17)18)19-5-7-22-20(15-19)8-9-25(30-22)10-13-27(14-11-25)23(29)16-28/h2-7,12,15,28H,8-11,13-14,16H2,1H3. The number of aromatic nitrogens is 1. The third kappa shape index (κ3) is 3.23. The van der Waals surface area contributed by atoms with E-state index in [2.05, 4.69) is 48.3 Å². The molecule has 1 spiro atoms. The second-order valence-electron chi connectivity index (χ2n) is 8.46. The molecule has 1 N–H and O–H groups in total. The van der Waals surface area contributed by atoms with Gasteiger partial charge >= 0.3 is 0 Å². The molecule has 154 valence electrons. The largest absolute Gasteiger partial charge is 0.487 e. The van der Waals surface area contributed by atoms with Crippen LogP contribution in [-0.2, 0) is 11.2 Å². The van der Waals surface area contributed by atoms with Gasteiger partial charge < -0.3 is 14.7 Å². The van der Waals surface area contributed by atoms with Gasteiger partial charge in [-0.2, -0.15) is 0 Å². The highest BCUT2D eigenvalue weighted by molar-refractivity contribution is 5.88. The molecule has 0 unspecified atom stereocenters. The quantitative estimate of drug-likeness (QED) is 0.706. The van der Waals surface area contributed by atoms with Crippen molar-refractivity contribution < 1.29 is 14.6 Å². The lowest BCUT2D eigenvalue weighted by atomic mass is 9.82. The molecule has 1 aromatic heterocycles. The molecule has 0 saturated carbocycles. The highest BCUT2D eigenvalue weighted by atomic mass is 16.5. The number of pyridine rings is 1. The first-order chi connectivity index (χ1) is 14.6. The zero-order valence-electron chi connectivity index (χ0n) is 17.2. The molecule has 1 fully saturated rings. The van der Waals surface area contributed by atoms with Crippen molar-refractivity contribution in [1.29, 1.82) is 0 Å². The summed E-state index contributed by atoms with van der Waals surface area (Å²) in [5, 5.41) is 10.3. The molecule has 3 aromatic rings. The summed E-state index contributed by atoms with van der Waals surface area (Å²) in [7, 11) is 0. The minimum absolute atomic E-state index is 0.189. The van der Waals surface area contributed by atoms with E-state index in [4.69, 9.17) is 9.84 Å². The molecular weight excluding hydrogens is 376 g/mol. The highest BCUT2D eigenvalue weighted by Gasteiger charge is 2.40. The Balaban J connectivity index is 1.39. The minimum Gasteiger partial charge on any atom is -0.487 e. The average molecular weight is 402 g/mol. The fourth-order valence-electron chi connectivity index (χ4n) is 4.91. The number of hydrogen-bond donors (Lipinski definition) is 1. The summed E-state index contributed by atoms with van der Waals surface area (Å²) < 4.78 is 6.50. The normalized spacial score (nSPS) is 17.6. The van der Waals surface area contributed by atoms with Crippen molar-refractivity contribution in [2.75, 3.05) is 19.7 Å². The van der Waals surface area contributed by atoms with E-state index in [1.165, 1.54) is 22.3 Å². The van der Waals surface area contributed by atoms with Crippen LogP contribution in [0.3, 0.4) is 0 Å². The number of aryl methyl sites for hydroxylation is 2. The first-order valence-electron chi connectivity index (χ1n) is 10.6. The Morgan fingerprint density at radius 3 is 2.80 bits per heavy atom. The van der Waals surface area contributed by atoms with Crippen LogP contribution in [0.25, 0.3) is 22.0 Å². The number of ether oxygens (including phenoxy) is 1. The number of hydrogen-bond acceptors (Lipinski definition) is 4. The Kier molecular flexibility index (Phi) is 4.70. The van der Waals surface area contributed by atoms with Crippen molar-refractivity contribution in [3.05, 3.63) is 59.8 Å². The lowest BCUT2D eigenvalue weighted by Gasteiger charge is -2.44. The van der Waals surface area contributed by atoms with E-state index in [0.717, 1.165) is 42.3 Å². The first kappa shape index (κ1) is 19.1. The van der Waals surface area contributed by atoms with E-state index in [-0.39, 0.29) is 11.5 Å². The molecule has 0 atom stereocenters. The van der Waals surface area contributed by atoms with Gasteiger partial charge in [-0.1, -0.05) is 24.3 Å². The summed E-state index contributed by atoms with van der Waals surface area (Å²) in [6.45, 7) is 3.02. The van der Waals surface area contributed by atoms with Gasteiger partial charge in [0.2, 0.25) is 5.91 Å². The highest BCUT2D eigenvalue weighted by Crippen LogP contribution is 2.41. The SMILES string of the molecule is Cc1c(-c2ccc3c(c2)CCC2(CCN(C(=O)CO)CC2)O3)ccc2cccnc12. The van der Waals surface area contributed by atoms with E-state index in [0.29, 0.717) is 13.1 Å². The Bertz CT molecular complexity index is 1120. The van der Waals surface area contributed by atoms with Crippen LogP contribution in [0.1, 0.15) is 30.4 Å². The average Bonchev–Trinajstić information content (AvgIpc) is 2.79. The molecule has 0 aliphatic carbocycles. The van der Waals surface area contributed by atoms with Gasteiger partial charge in [0.15, 0.2) is 0 Å². The summed E-state index contributed by atoms with van der Waals surface area (Å²) >= 11 is 0. The van der Waals surface area contributed by atoms with E-state index < -0.39 is 6.61 Å². The zero-order chi connectivity index (χ0) is 20.7. The molecule has 5 heteroatoms. The third-order valence-electron chi connectivity index (χ3n) is 6.74. The summed E-state index contributed by atoms with van der Waals surface area (Å²) in [6, 6.07) is 14.9. The molecule has 30 heavy (non-hydrogen) atoms. The number of rotatable bonds is 2. The van der Waals surface area contributed by atoms with Crippen LogP contribution < -0.4 is 4.74 Å². The lowest BCUT2D eigenvalue weighted by molar-refractivity contribution is -0.138. The van der Waals surface area contributed by atoms with Gasteiger partial charge in [0.25, 0.3) is 0 Å². The fourth-order valence-corrected chi connectivity index (χ4v) is 4.91. The van der Waals surface area contributed by atoms with E-state index in [9.17, 15) is 4.79 Å². The summed E-state index contributed by atoms with van der Waals surface area (Å²) in [6.07, 6.45) is 5.41. The number of carbonyl (C=O) groups is 1. The number of aliphatic hydroxyl groups is 1. The van der Waals surface area contributed by atoms with Gasteiger partial charge in [0, 0.05) is 37.5 Å². The van der Waals surface area contributed by atoms with Gasteiger partial charge in [-0.3, -0.25) is 9.78 Å². The van der Waals surface area contributed by atoms with Crippen LogP contribution in [-0.4, -0.2) is 46.2 Å². The minimum atomic E-state index is -0.414. The first-order valence-corrected chi connectivity index (χ1v) is 10.6. The van der Waals surface area contributed by atoms with Gasteiger partial charge in [0.05, 0.1) is 5.52 Å². The lowest BCUT2D eigenvalue weighted by Crippen LogP contribution is -2.51. The van der Waals surface area contributed by atoms with Gasteiger partial charge in [-0.25, -0.2) is 0 Å². The molecule has 2 aliphatic rings. The maximum absolute atomic E-state index is 11.7. The van der Waals surface area contributed by atoms with Crippen LogP contribution in [0.15, 0.2) is 48.7 Å². The van der Waals surface area contributed by atoms with Crippen molar-refractivity contribution in [3.8, 4) is 16.9 Å². The van der Waals surface area contributed by atoms with Crippen LogP contribution in [0, 0.1) is 6.92 Å². The Labute approximate surface area is 176 Å². The maximum Gasteiger partial charge on any atom is 0.248 e.